The Morgan fingerprint density at radius 2 is 2.14 bits per heavy atom. The van der Waals surface area contributed by atoms with Crippen LogP contribution in [0.4, 0.5) is 0 Å². The number of rotatable bonds is 7. The number of nitrogens with one attached hydrogen (secondary N) is 1. The molecule has 2 heteroatoms. The van der Waals surface area contributed by atoms with E-state index >= 15 is 0 Å². The summed E-state index contributed by atoms with van der Waals surface area (Å²) in [7, 11) is 0. The van der Waals surface area contributed by atoms with Gasteiger partial charge in [-0.1, -0.05) is 44.7 Å². The van der Waals surface area contributed by atoms with E-state index in [1.165, 1.54) is 56.1 Å². The lowest BCUT2D eigenvalue weighted by molar-refractivity contribution is 0.356. The highest BCUT2D eigenvalue weighted by Crippen LogP contribution is 2.33. The molecule has 1 aromatic carbocycles. The van der Waals surface area contributed by atoms with Gasteiger partial charge in [-0.2, -0.15) is 0 Å². The van der Waals surface area contributed by atoms with Crippen LogP contribution < -0.4 is 10.1 Å². The van der Waals surface area contributed by atoms with E-state index in [1.54, 1.807) is 0 Å². The SMILES string of the molecule is CCCNC(CCC1CCCC1)c1ccc2c(c1)CCO2. The lowest BCUT2D eigenvalue weighted by Gasteiger charge is -2.21. The lowest BCUT2D eigenvalue weighted by Crippen LogP contribution is -2.22. The number of benzene rings is 1. The summed E-state index contributed by atoms with van der Waals surface area (Å²) in [5.74, 6) is 2.08. The minimum Gasteiger partial charge on any atom is -0.493 e. The van der Waals surface area contributed by atoms with Crippen molar-refractivity contribution in [2.45, 2.75) is 64.3 Å². The maximum absolute atomic E-state index is 5.64. The molecule has 1 aliphatic carbocycles. The first-order valence-electron chi connectivity index (χ1n) is 8.86. The monoisotopic (exact) mass is 287 g/mol. The molecule has 0 bridgehead atoms. The maximum Gasteiger partial charge on any atom is 0.122 e. The van der Waals surface area contributed by atoms with E-state index in [2.05, 4.69) is 30.4 Å². The summed E-state index contributed by atoms with van der Waals surface area (Å²) in [5.41, 5.74) is 2.86. The van der Waals surface area contributed by atoms with Crippen LogP contribution in [0.5, 0.6) is 5.75 Å². The van der Waals surface area contributed by atoms with E-state index in [1.807, 2.05) is 0 Å². The van der Waals surface area contributed by atoms with Gasteiger partial charge in [0.05, 0.1) is 6.61 Å². The van der Waals surface area contributed by atoms with Gasteiger partial charge in [-0.05, 0) is 48.9 Å². The van der Waals surface area contributed by atoms with E-state index in [4.69, 9.17) is 4.74 Å². The van der Waals surface area contributed by atoms with Crippen molar-refractivity contribution in [3.8, 4) is 5.75 Å². The van der Waals surface area contributed by atoms with Crippen LogP contribution in [0.15, 0.2) is 18.2 Å². The van der Waals surface area contributed by atoms with Gasteiger partial charge in [-0.25, -0.2) is 0 Å². The van der Waals surface area contributed by atoms with Crippen molar-refractivity contribution in [2.75, 3.05) is 13.2 Å². The molecular weight excluding hydrogens is 258 g/mol. The van der Waals surface area contributed by atoms with Gasteiger partial charge in [0, 0.05) is 12.5 Å². The highest BCUT2D eigenvalue weighted by Gasteiger charge is 2.20. The Balaban J connectivity index is 1.65. The van der Waals surface area contributed by atoms with Crippen LogP contribution in [0, 0.1) is 5.92 Å². The van der Waals surface area contributed by atoms with E-state index in [0.29, 0.717) is 6.04 Å². The summed E-state index contributed by atoms with van der Waals surface area (Å²) in [6.07, 6.45) is 10.8. The Labute approximate surface area is 129 Å². The highest BCUT2D eigenvalue weighted by molar-refractivity contribution is 5.40. The second-order valence-electron chi connectivity index (χ2n) is 6.70. The zero-order chi connectivity index (χ0) is 14.5. The van der Waals surface area contributed by atoms with E-state index in [-0.39, 0.29) is 0 Å². The second-order valence-corrected chi connectivity index (χ2v) is 6.70. The normalized spacial score (nSPS) is 19.5. The molecule has 1 fully saturated rings. The molecule has 0 radical (unpaired) electrons. The van der Waals surface area contributed by atoms with Gasteiger partial charge in [-0.15, -0.1) is 0 Å². The quantitative estimate of drug-likeness (QED) is 0.789. The van der Waals surface area contributed by atoms with Crippen LogP contribution in [0.1, 0.15) is 69.0 Å². The zero-order valence-electron chi connectivity index (χ0n) is 13.4. The molecule has 2 aliphatic rings. The van der Waals surface area contributed by atoms with Gasteiger partial charge in [0.2, 0.25) is 0 Å². The fourth-order valence-electron chi connectivity index (χ4n) is 3.83. The average Bonchev–Trinajstić information content (AvgIpc) is 3.17. The smallest absolute Gasteiger partial charge is 0.122 e. The third kappa shape index (κ3) is 3.79. The third-order valence-electron chi connectivity index (χ3n) is 5.09. The molecule has 1 heterocycles. The highest BCUT2D eigenvalue weighted by atomic mass is 16.5. The van der Waals surface area contributed by atoms with Crippen LogP contribution in [0.2, 0.25) is 0 Å². The molecular formula is C19H29NO. The number of fused-ring (bicyclic) bond motifs is 1. The van der Waals surface area contributed by atoms with Gasteiger partial charge in [0.15, 0.2) is 0 Å². The molecule has 21 heavy (non-hydrogen) atoms. The molecule has 1 atom stereocenters. The van der Waals surface area contributed by atoms with Crippen LogP contribution in [0.25, 0.3) is 0 Å². The first-order chi connectivity index (χ1) is 10.4. The standard InChI is InChI=1S/C19H29NO/c1-2-12-20-18(9-7-15-5-3-4-6-15)16-8-10-19-17(14-16)11-13-21-19/h8,10,14-15,18,20H,2-7,9,11-13H2,1H3. The maximum atomic E-state index is 5.64. The number of hydrogen-bond donors (Lipinski definition) is 1. The number of ether oxygens (including phenoxy) is 1. The summed E-state index contributed by atoms with van der Waals surface area (Å²) >= 11 is 0. The van der Waals surface area contributed by atoms with Crippen molar-refractivity contribution in [1.29, 1.82) is 0 Å². The van der Waals surface area contributed by atoms with Crippen LogP contribution in [0.3, 0.4) is 0 Å². The molecule has 1 aliphatic heterocycles. The van der Waals surface area contributed by atoms with Gasteiger partial charge in [0.1, 0.15) is 5.75 Å². The summed E-state index contributed by atoms with van der Waals surface area (Å²) in [6.45, 7) is 4.22. The summed E-state index contributed by atoms with van der Waals surface area (Å²) in [5, 5.41) is 3.76. The first kappa shape index (κ1) is 14.9. The van der Waals surface area contributed by atoms with Crippen molar-refractivity contribution >= 4 is 0 Å². The van der Waals surface area contributed by atoms with Crippen LogP contribution in [-0.2, 0) is 6.42 Å². The molecule has 116 valence electrons. The number of hydrogen-bond acceptors (Lipinski definition) is 2. The Morgan fingerprint density at radius 1 is 1.29 bits per heavy atom. The van der Waals surface area contributed by atoms with Crippen molar-refractivity contribution < 1.29 is 4.74 Å². The van der Waals surface area contributed by atoms with Gasteiger partial charge in [0.25, 0.3) is 0 Å². The lowest BCUT2D eigenvalue weighted by atomic mass is 9.93. The molecule has 1 saturated carbocycles. The molecule has 0 saturated heterocycles. The molecule has 1 unspecified atom stereocenters. The van der Waals surface area contributed by atoms with Crippen molar-refractivity contribution in [2.24, 2.45) is 5.92 Å². The Kier molecular flexibility index (Phi) is 5.18. The fraction of sp³-hybridized carbons (Fsp3) is 0.684. The summed E-state index contributed by atoms with van der Waals surface area (Å²) in [4.78, 5) is 0. The third-order valence-corrected chi connectivity index (χ3v) is 5.09. The molecule has 1 N–H and O–H groups in total. The largest absolute Gasteiger partial charge is 0.493 e. The summed E-state index contributed by atoms with van der Waals surface area (Å²) < 4.78 is 5.64. The predicted octanol–water partition coefficient (Wildman–Crippen LogP) is 4.63. The Bertz CT molecular complexity index is 451. The molecule has 3 rings (SSSR count). The average molecular weight is 287 g/mol. The molecule has 0 aromatic heterocycles. The van der Waals surface area contributed by atoms with E-state index in [0.717, 1.165) is 31.2 Å². The van der Waals surface area contributed by atoms with Crippen LogP contribution in [-0.4, -0.2) is 13.2 Å². The van der Waals surface area contributed by atoms with Crippen molar-refractivity contribution in [1.82, 2.24) is 5.32 Å². The molecule has 1 aromatic rings. The van der Waals surface area contributed by atoms with Crippen LogP contribution >= 0.6 is 0 Å². The first-order valence-corrected chi connectivity index (χ1v) is 8.86. The van der Waals surface area contributed by atoms with Gasteiger partial charge in [-0.3, -0.25) is 0 Å². The fourth-order valence-corrected chi connectivity index (χ4v) is 3.83. The Hall–Kier alpha value is -1.02. The second kappa shape index (κ2) is 7.31. The van der Waals surface area contributed by atoms with Gasteiger partial charge >= 0.3 is 0 Å². The minimum atomic E-state index is 0.524. The predicted molar refractivity (Wildman–Crippen MR) is 87.9 cm³/mol. The molecule has 0 spiro atoms. The van der Waals surface area contributed by atoms with E-state index < -0.39 is 0 Å². The zero-order valence-corrected chi connectivity index (χ0v) is 13.4. The van der Waals surface area contributed by atoms with Gasteiger partial charge < -0.3 is 10.1 Å². The molecule has 0 amide bonds. The summed E-state index contributed by atoms with van der Waals surface area (Å²) in [6, 6.07) is 7.35. The van der Waals surface area contributed by atoms with Crippen molar-refractivity contribution in [3.05, 3.63) is 29.3 Å². The van der Waals surface area contributed by atoms with Crippen molar-refractivity contribution in [3.63, 3.8) is 0 Å². The Morgan fingerprint density at radius 3 is 2.95 bits per heavy atom. The minimum absolute atomic E-state index is 0.524. The molecule has 2 nitrogen and oxygen atoms in total. The van der Waals surface area contributed by atoms with E-state index in [9.17, 15) is 0 Å². The topological polar surface area (TPSA) is 21.3 Å².